The number of aliphatic carboxylic acids is 1. The van der Waals surface area contributed by atoms with Crippen LogP contribution in [0.25, 0.3) is 0 Å². The Morgan fingerprint density at radius 2 is 1.82 bits per heavy atom. The molecule has 1 aliphatic rings. The second-order valence-corrected chi connectivity index (χ2v) is 5.78. The van der Waals surface area contributed by atoms with Crippen molar-refractivity contribution in [3.8, 4) is 0 Å². The van der Waals surface area contributed by atoms with Crippen molar-refractivity contribution in [1.82, 2.24) is 4.57 Å². The zero-order valence-electron chi connectivity index (χ0n) is 10.8. The summed E-state index contributed by atoms with van der Waals surface area (Å²) in [5, 5.41) is 10.0. The summed E-state index contributed by atoms with van der Waals surface area (Å²) < 4.78 is 1.71. The molecule has 1 aromatic carbocycles. The third-order valence-corrected chi connectivity index (χ3v) is 4.24. The van der Waals surface area contributed by atoms with Gasteiger partial charge in [-0.15, -0.1) is 0 Å². The van der Waals surface area contributed by atoms with Crippen LogP contribution in [0.5, 0.6) is 0 Å². The Hall–Kier alpha value is -0.520. The van der Waals surface area contributed by atoms with Crippen LogP contribution in [-0.2, 0) is 11.3 Å². The quantitative estimate of drug-likeness (QED) is 0.671. The van der Waals surface area contributed by atoms with E-state index in [2.05, 4.69) is 0 Å². The molecule has 0 aliphatic carbocycles. The molecule has 0 spiro atoms. The van der Waals surface area contributed by atoms with Crippen molar-refractivity contribution in [2.75, 3.05) is 0 Å². The average Bonchev–Trinajstić information content (AvgIpc) is 2.96. The third kappa shape index (κ3) is 3.08. The SMILES string of the molecule is O=C(c1ccc(Cl)cc1)c1c(Cl)cc2n1CCC2C(=O)O.[CaH2]. The molecule has 0 amide bonds. The van der Waals surface area contributed by atoms with Gasteiger partial charge in [0.25, 0.3) is 0 Å². The molecule has 0 saturated carbocycles. The number of carboxylic acid groups (broad SMARTS) is 1. The Labute approximate surface area is 167 Å². The fourth-order valence-electron chi connectivity index (χ4n) is 2.69. The van der Waals surface area contributed by atoms with Crippen molar-refractivity contribution in [1.29, 1.82) is 0 Å². The summed E-state index contributed by atoms with van der Waals surface area (Å²) in [5.41, 5.74) is 1.41. The number of benzene rings is 1. The average molecular weight is 366 g/mol. The molecule has 3 rings (SSSR count). The number of hydrogen-bond donors (Lipinski definition) is 1. The van der Waals surface area contributed by atoms with Gasteiger partial charge in [0.05, 0.1) is 10.9 Å². The summed E-state index contributed by atoms with van der Waals surface area (Å²) >= 11 is 12.0. The van der Waals surface area contributed by atoms with Crippen LogP contribution in [-0.4, -0.2) is 59.2 Å². The number of aromatic nitrogens is 1. The first kappa shape index (κ1) is 17.8. The maximum absolute atomic E-state index is 12.6. The second kappa shape index (κ2) is 6.93. The monoisotopic (exact) mass is 365 g/mol. The number of ketones is 1. The van der Waals surface area contributed by atoms with Gasteiger partial charge < -0.3 is 9.67 Å². The van der Waals surface area contributed by atoms with Crippen molar-refractivity contribution < 1.29 is 14.7 Å². The van der Waals surface area contributed by atoms with Crippen LogP contribution in [0.2, 0.25) is 10.0 Å². The van der Waals surface area contributed by atoms with E-state index in [1.54, 1.807) is 34.9 Å². The fourth-order valence-corrected chi connectivity index (χ4v) is 3.11. The van der Waals surface area contributed by atoms with Gasteiger partial charge in [0.1, 0.15) is 5.69 Å². The number of fused-ring (bicyclic) bond motifs is 1. The van der Waals surface area contributed by atoms with Crippen LogP contribution in [0.3, 0.4) is 0 Å². The van der Waals surface area contributed by atoms with Crippen LogP contribution in [0.1, 0.15) is 34.1 Å². The van der Waals surface area contributed by atoms with Gasteiger partial charge in [0.15, 0.2) is 0 Å². The molecule has 1 aromatic heterocycles. The molecule has 112 valence electrons. The molecule has 1 unspecified atom stereocenters. The van der Waals surface area contributed by atoms with E-state index in [-0.39, 0.29) is 48.5 Å². The van der Waals surface area contributed by atoms with Crippen LogP contribution in [0.15, 0.2) is 30.3 Å². The number of hydrogen-bond acceptors (Lipinski definition) is 2. The maximum atomic E-state index is 12.6. The van der Waals surface area contributed by atoms with Crippen LogP contribution in [0.4, 0.5) is 0 Å². The van der Waals surface area contributed by atoms with Gasteiger partial charge in [-0.3, -0.25) is 9.59 Å². The molecule has 4 nitrogen and oxygen atoms in total. The number of halogens is 2. The van der Waals surface area contributed by atoms with Crippen molar-refractivity contribution in [3.63, 3.8) is 0 Å². The van der Waals surface area contributed by atoms with Crippen LogP contribution in [0, 0.1) is 0 Å². The summed E-state index contributed by atoms with van der Waals surface area (Å²) in [7, 11) is 0. The molecule has 0 radical (unpaired) electrons. The number of carbonyl (C=O) groups excluding carboxylic acids is 1. The minimum absolute atomic E-state index is 0. The van der Waals surface area contributed by atoms with Crippen molar-refractivity contribution in [3.05, 3.63) is 57.3 Å². The van der Waals surface area contributed by atoms with Gasteiger partial charge >= 0.3 is 43.7 Å². The van der Waals surface area contributed by atoms with Crippen molar-refractivity contribution >= 4 is 72.7 Å². The molecule has 22 heavy (non-hydrogen) atoms. The van der Waals surface area contributed by atoms with Gasteiger partial charge in [0.2, 0.25) is 5.78 Å². The number of nitrogens with zero attached hydrogens (tertiary/aromatic N) is 1. The van der Waals surface area contributed by atoms with Gasteiger partial charge in [-0.1, -0.05) is 23.2 Å². The summed E-state index contributed by atoms with van der Waals surface area (Å²) in [5.74, 6) is -1.73. The predicted molar refractivity (Wildman–Crippen MR) is 87.9 cm³/mol. The molecular weight excluding hydrogens is 353 g/mol. The van der Waals surface area contributed by atoms with Gasteiger partial charge in [0, 0.05) is 22.8 Å². The molecule has 2 aromatic rings. The predicted octanol–water partition coefficient (Wildman–Crippen LogP) is 2.68. The van der Waals surface area contributed by atoms with Crippen LogP contribution < -0.4 is 0 Å². The fraction of sp³-hybridized carbons (Fsp3) is 0.200. The Morgan fingerprint density at radius 3 is 2.41 bits per heavy atom. The Kier molecular flexibility index (Phi) is 5.62. The normalized spacial score (nSPS) is 16.0. The topological polar surface area (TPSA) is 59.3 Å². The third-order valence-electron chi connectivity index (χ3n) is 3.70. The van der Waals surface area contributed by atoms with E-state index in [0.29, 0.717) is 34.9 Å². The van der Waals surface area contributed by atoms with E-state index in [1.807, 2.05) is 0 Å². The number of rotatable bonds is 3. The summed E-state index contributed by atoms with van der Waals surface area (Å²) in [6, 6.07) is 8.11. The van der Waals surface area contributed by atoms with E-state index >= 15 is 0 Å². The minimum atomic E-state index is -0.895. The number of carboxylic acids is 1. The summed E-state index contributed by atoms with van der Waals surface area (Å²) in [6.45, 7) is 0.480. The number of carbonyl (C=O) groups is 2. The van der Waals surface area contributed by atoms with E-state index in [9.17, 15) is 14.7 Å². The van der Waals surface area contributed by atoms with Crippen molar-refractivity contribution in [2.24, 2.45) is 0 Å². The molecule has 0 bridgehead atoms. The van der Waals surface area contributed by atoms with E-state index in [0.717, 1.165) is 0 Å². The van der Waals surface area contributed by atoms with Crippen molar-refractivity contribution in [2.45, 2.75) is 18.9 Å². The molecule has 1 atom stereocenters. The summed E-state index contributed by atoms with van der Waals surface area (Å²) in [6.07, 6.45) is 0.475. The molecule has 0 saturated heterocycles. The zero-order valence-corrected chi connectivity index (χ0v) is 12.4. The molecule has 2 heterocycles. The van der Waals surface area contributed by atoms with E-state index in [1.165, 1.54) is 0 Å². The van der Waals surface area contributed by atoms with Crippen LogP contribution >= 0.6 is 23.2 Å². The molecule has 7 heteroatoms. The van der Waals surface area contributed by atoms with Gasteiger partial charge in [-0.25, -0.2) is 0 Å². The van der Waals surface area contributed by atoms with E-state index in [4.69, 9.17) is 23.2 Å². The first-order valence-electron chi connectivity index (χ1n) is 6.41. The standard InChI is InChI=1S/C15H11Cl2NO3.Ca.2H/c16-9-3-1-8(2-4-9)14(19)13-11(17)7-12-10(15(20)21)5-6-18(12)13;;;/h1-4,7,10H,5-6H2,(H,20,21);;;. The Morgan fingerprint density at radius 1 is 1.18 bits per heavy atom. The van der Waals surface area contributed by atoms with E-state index < -0.39 is 11.9 Å². The zero-order chi connectivity index (χ0) is 15.1. The Bertz CT molecular complexity index is 740. The molecule has 0 fully saturated rings. The molecular formula is C15H13CaCl2NO3. The first-order valence-corrected chi connectivity index (χ1v) is 7.16. The Balaban J connectivity index is 0.00000176. The molecule has 1 aliphatic heterocycles. The molecule has 1 N–H and O–H groups in total. The first-order chi connectivity index (χ1) is 9.99. The summed E-state index contributed by atoms with van der Waals surface area (Å²) in [4.78, 5) is 23.8. The van der Waals surface area contributed by atoms with Gasteiger partial charge in [-0.05, 0) is 36.8 Å². The van der Waals surface area contributed by atoms with Gasteiger partial charge in [-0.2, -0.15) is 0 Å². The second-order valence-electron chi connectivity index (χ2n) is 4.93.